The van der Waals surface area contributed by atoms with E-state index >= 15 is 0 Å². The highest BCUT2D eigenvalue weighted by molar-refractivity contribution is 5.89. The van der Waals surface area contributed by atoms with Crippen molar-refractivity contribution >= 4 is 11.6 Å². The van der Waals surface area contributed by atoms with Crippen molar-refractivity contribution in [2.24, 2.45) is 0 Å². The normalized spacial score (nSPS) is 13.3. The number of carbonyl (C=O) groups is 1. The van der Waals surface area contributed by atoms with Gasteiger partial charge in [-0.05, 0) is 42.7 Å². The summed E-state index contributed by atoms with van der Waals surface area (Å²) in [6, 6.07) is 13.5. The predicted molar refractivity (Wildman–Crippen MR) is 93.0 cm³/mol. The van der Waals surface area contributed by atoms with Gasteiger partial charge in [0, 0.05) is 25.2 Å². The van der Waals surface area contributed by atoms with E-state index in [1.807, 2.05) is 31.2 Å². The highest BCUT2D eigenvalue weighted by Gasteiger charge is 2.13. The maximum absolute atomic E-state index is 12.9. The second-order valence-corrected chi connectivity index (χ2v) is 5.92. The molecule has 2 unspecified atom stereocenters. The second-order valence-electron chi connectivity index (χ2n) is 5.92. The summed E-state index contributed by atoms with van der Waals surface area (Å²) in [5.74, 6) is -0.422. The fourth-order valence-electron chi connectivity index (χ4n) is 2.51. The van der Waals surface area contributed by atoms with Gasteiger partial charge < -0.3 is 15.7 Å². The zero-order valence-corrected chi connectivity index (χ0v) is 13.9. The lowest BCUT2D eigenvalue weighted by Crippen LogP contribution is -2.28. The number of rotatable bonds is 7. The van der Waals surface area contributed by atoms with Gasteiger partial charge in [0.25, 0.3) is 0 Å². The Kier molecular flexibility index (Phi) is 6.46. The van der Waals surface area contributed by atoms with Gasteiger partial charge in [0.15, 0.2) is 0 Å². The van der Waals surface area contributed by atoms with Gasteiger partial charge >= 0.3 is 0 Å². The molecule has 2 aromatic carbocycles. The van der Waals surface area contributed by atoms with Crippen molar-refractivity contribution in [1.29, 1.82) is 0 Å². The maximum atomic E-state index is 12.9. The van der Waals surface area contributed by atoms with Crippen molar-refractivity contribution in [2.45, 2.75) is 39.0 Å². The predicted octanol–water partition coefficient (Wildman–Crippen LogP) is 3.39. The van der Waals surface area contributed by atoms with Gasteiger partial charge in [-0.3, -0.25) is 4.79 Å². The third-order valence-electron chi connectivity index (χ3n) is 3.80. The Balaban J connectivity index is 1.90. The van der Waals surface area contributed by atoms with E-state index in [0.717, 1.165) is 11.3 Å². The van der Waals surface area contributed by atoms with Crippen LogP contribution in [-0.4, -0.2) is 17.1 Å². The molecule has 0 radical (unpaired) electrons. The number of anilines is 1. The first-order valence-corrected chi connectivity index (χ1v) is 7.98. The first-order valence-electron chi connectivity index (χ1n) is 7.98. The number of aliphatic hydroxyl groups excluding tert-OH is 1. The average molecular weight is 330 g/mol. The van der Waals surface area contributed by atoms with E-state index < -0.39 is 6.10 Å². The van der Waals surface area contributed by atoms with Crippen LogP contribution in [0.25, 0.3) is 0 Å². The summed E-state index contributed by atoms with van der Waals surface area (Å²) in [6.45, 7) is 4.04. The zero-order chi connectivity index (χ0) is 17.5. The number of carbonyl (C=O) groups excluding carboxylic acids is 1. The van der Waals surface area contributed by atoms with E-state index in [-0.39, 0.29) is 17.8 Å². The Labute approximate surface area is 141 Å². The molecule has 0 aromatic heterocycles. The number of aliphatic hydroxyl groups is 1. The van der Waals surface area contributed by atoms with Crippen molar-refractivity contribution in [2.75, 3.05) is 5.32 Å². The molecule has 0 aliphatic rings. The second kappa shape index (κ2) is 8.57. The quantitative estimate of drug-likeness (QED) is 0.729. The lowest BCUT2D eigenvalue weighted by molar-refractivity contribution is -0.114. The minimum absolute atomic E-state index is 0.0513. The third kappa shape index (κ3) is 5.44. The Morgan fingerprint density at radius 3 is 2.50 bits per heavy atom. The molecule has 1 amide bonds. The van der Waals surface area contributed by atoms with Gasteiger partial charge in [-0.2, -0.15) is 0 Å². The van der Waals surface area contributed by atoms with Crippen LogP contribution in [0.2, 0.25) is 0 Å². The topological polar surface area (TPSA) is 61.4 Å². The number of hydrogen-bond donors (Lipinski definition) is 3. The van der Waals surface area contributed by atoms with E-state index in [4.69, 9.17) is 0 Å². The zero-order valence-electron chi connectivity index (χ0n) is 13.9. The number of halogens is 1. The summed E-state index contributed by atoms with van der Waals surface area (Å²) in [4.78, 5) is 11.2. The van der Waals surface area contributed by atoms with Crippen LogP contribution in [0.15, 0.2) is 48.5 Å². The van der Waals surface area contributed by atoms with Gasteiger partial charge in [0.1, 0.15) is 5.82 Å². The number of amides is 1. The monoisotopic (exact) mass is 330 g/mol. The molecule has 24 heavy (non-hydrogen) atoms. The van der Waals surface area contributed by atoms with Gasteiger partial charge in [0.2, 0.25) is 5.91 Å². The molecule has 5 heteroatoms. The van der Waals surface area contributed by atoms with E-state index in [1.54, 1.807) is 12.1 Å². The Morgan fingerprint density at radius 1 is 1.17 bits per heavy atom. The van der Waals surface area contributed by atoms with Crippen LogP contribution in [0.3, 0.4) is 0 Å². The van der Waals surface area contributed by atoms with Crippen LogP contribution in [0.1, 0.15) is 37.5 Å². The lowest BCUT2D eigenvalue weighted by atomic mass is 10.0. The van der Waals surface area contributed by atoms with E-state index in [9.17, 15) is 14.3 Å². The molecule has 0 bridgehead atoms. The van der Waals surface area contributed by atoms with Crippen LogP contribution < -0.4 is 10.6 Å². The van der Waals surface area contributed by atoms with Crippen LogP contribution in [0, 0.1) is 5.82 Å². The molecule has 0 saturated carbocycles. The van der Waals surface area contributed by atoms with Crippen LogP contribution in [0.4, 0.5) is 10.1 Å². The summed E-state index contributed by atoms with van der Waals surface area (Å²) in [7, 11) is 0. The molecule has 4 nitrogen and oxygen atoms in total. The summed E-state index contributed by atoms with van der Waals surface area (Å²) in [5, 5.41) is 16.4. The molecule has 2 atom stereocenters. The summed E-state index contributed by atoms with van der Waals surface area (Å²) >= 11 is 0. The van der Waals surface area contributed by atoms with E-state index in [2.05, 4.69) is 10.6 Å². The van der Waals surface area contributed by atoms with Crippen LogP contribution >= 0.6 is 0 Å². The molecule has 128 valence electrons. The number of hydrogen-bond acceptors (Lipinski definition) is 3. The molecule has 0 aliphatic heterocycles. The van der Waals surface area contributed by atoms with Gasteiger partial charge in [-0.1, -0.05) is 30.3 Å². The fraction of sp³-hybridized carbons (Fsp3) is 0.316. The summed E-state index contributed by atoms with van der Waals surface area (Å²) in [6.07, 6.45) is -0.146. The molecular formula is C19H23FN2O2. The van der Waals surface area contributed by atoms with Gasteiger partial charge in [0.05, 0.1) is 6.10 Å². The van der Waals surface area contributed by atoms with Gasteiger partial charge in [-0.25, -0.2) is 4.39 Å². The fourth-order valence-corrected chi connectivity index (χ4v) is 2.51. The first kappa shape index (κ1) is 18.1. The minimum atomic E-state index is -0.654. The lowest BCUT2D eigenvalue weighted by Gasteiger charge is -2.19. The number of para-hydroxylation sites is 1. The summed E-state index contributed by atoms with van der Waals surface area (Å²) in [5.41, 5.74) is 2.46. The smallest absolute Gasteiger partial charge is 0.221 e. The molecule has 2 aromatic rings. The van der Waals surface area contributed by atoms with Crippen LogP contribution in [0.5, 0.6) is 0 Å². The first-order chi connectivity index (χ1) is 11.5. The SMILES string of the molecule is CC(=O)Nc1ccccc1CNC(C)CC(O)c1ccc(F)cc1. The molecule has 0 heterocycles. The standard InChI is InChI=1S/C19H23FN2O2/c1-13(11-19(24)15-7-9-17(20)10-8-15)21-12-16-5-3-4-6-18(16)22-14(2)23/h3-10,13,19,21,24H,11-12H2,1-2H3,(H,22,23). The molecule has 0 fully saturated rings. The largest absolute Gasteiger partial charge is 0.388 e. The van der Waals surface area contributed by atoms with Crippen molar-refractivity contribution < 1.29 is 14.3 Å². The average Bonchev–Trinajstić information content (AvgIpc) is 2.54. The van der Waals surface area contributed by atoms with Crippen molar-refractivity contribution in [3.63, 3.8) is 0 Å². The Hall–Kier alpha value is -2.24. The van der Waals surface area contributed by atoms with Crippen molar-refractivity contribution in [3.8, 4) is 0 Å². The van der Waals surface area contributed by atoms with Gasteiger partial charge in [-0.15, -0.1) is 0 Å². The molecule has 2 rings (SSSR count). The van der Waals surface area contributed by atoms with E-state index in [0.29, 0.717) is 18.5 Å². The van der Waals surface area contributed by atoms with E-state index in [1.165, 1.54) is 19.1 Å². The molecule has 3 N–H and O–H groups in total. The van der Waals surface area contributed by atoms with Crippen LogP contribution in [-0.2, 0) is 11.3 Å². The highest BCUT2D eigenvalue weighted by Crippen LogP contribution is 2.20. The molecular weight excluding hydrogens is 307 g/mol. The molecule has 0 aliphatic carbocycles. The van der Waals surface area contributed by atoms with Crippen molar-refractivity contribution in [3.05, 3.63) is 65.5 Å². The third-order valence-corrected chi connectivity index (χ3v) is 3.80. The molecule has 0 spiro atoms. The maximum Gasteiger partial charge on any atom is 0.221 e. The Morgan fingerprint density at radius 2 is 1.83 bits per heavy atom. The summed E-state index contributed by atoms with van der Waals surface area (Å²) < 4.78 is 12.9. The number of benzene rings is 2. The highest BCUT2D eigenvalue weighted by atomic mass is 19.1. The Bertz CT molecular complexity index is 673. The number of nitrogens with one attached hydrogen (secondary N) is 2. The van der Waals surface area contributed by atoms with Crippen molar-refractivity contribution in [1.82, 2.24) is 5.32 Å². The minimum Gasteiger partial charge on any atom is -0.388 e. The molecule has 0 saturated heterocycles.